The number of carbonyl (C=O) groups is 2. The fourth-order valence-electron chi connectivity index (χ4n) is 4.94. The molecule has 0 radical (unpaired) electrons. The van der Waals surface area contributed by atoms with E-state index >= 15 is 0 Å². The van der Waals surface area contributed by atoms with Crippen molar-refractivity contribution in [3.05, 3.63) is 65.2 Å². The lowest BCUT2D eigenvalue weighted by molar-refractivity contribution is -0.142. The molecule has 1 amide bonds. The summed E-state index contributed by atoms with van der Waals surface area (Å²) in [6, 6.07) is 12.1. The van der Waals surface area contributed by atoms with Crippen LogP contribution in [0.25, 0.3) is 11.0 Å². The van der Waals surface area contributed by atoms with Crippen molar-refractivity contribution in [1.29, 1.82) is 0 Å². The average Bonchev–Trinajstić information content (AvgIpc) is 3.20. The highest BCUT2D eigenvalue weighted by Gasteiger charge is 2.30. The third kappa shape index (κ3) is 5.84. The van der Waals surface area contributed by atoms with Gasteiger partial charge in [0, 0.05) is 23.4 Å². The van der Waals surface area contributed by atoms with Crippen LogP contribution in [0.4, 0.5) is 10.1 Å². The summed E-state index contributed by atoms with van der Waals surface area (Å²) >= 11 is 0. The molecule has 0 saturated heterocycles. The van der Waals surface area contributed by atoms with Gasteiger partial charge in [0.1, 0.15) is 17.2 Å². The van der Waals surface area contributed by atoms with Crippen LogP contribution in [0.5, 0.6) is 0 Å². The molecular weight excluding hydrogens is 447 g/mol. The van der Waals surface area contributed by atoms with Crippen molar-refractivity contribution >= 4 is 28.5 Å². The molecule has 1 atom stereocenters. The van der Waals surface area contributed by atoms with Gasteiger partial charge in [-0.25, -0.2) is 4.39 Å². The first-order valence-electron chi connectivity index (χ1n) is 12.5. The second-order valence-electron chi connectivity index (χ2n) is 9.11. The maximum absolute atomic E-state index is 14.5. The number of halogens is 1. The van der Waals surface area contributed by atoms with E-state index in [9.17, 15) is 14.0 Å². The Balaban J connectivity index is 1.50. The van der Waals surface area contributed by atoms with Crippen molar-refractivity contribution in [2.24, 2.45) is 5.92 Å². The maximum atomic E-state index is 14.5. The Morgan fingerprint density at radius 3 is 2.54 bits per heavy atom. The number of amides is 1. The Kier molecular flexibility index (Phi) is 8.06. The number of hydrogen-bond acceptors (Lipinski definition) is 5. The van der Waals surface area contributed by atoms with E-state index in [0.717, 1.165) is 29.9 Å². The highest BCUT2D eigenvalue weighted by molar-refractivity contribution is 5.94. The molecule has 1 aromatic heterocycles. The largest absolute Gasteiger partial charge is 0.466 e. The van der Waals surface area contributed by atoms with Gasteiger partial charge in [-0.15, -0.1) is 0 Å². The van der Waals surface area contributed by atoms with Gasteiger partial charge in [0.25, 0.3) is 5.91 Å². The summed E-state index contributed by atoms with van der Waals surface area (Å²) in [6.45, 7) is 4.22. The minimum absolute atomic E-state index is 0.0913. The van der Waals surface area contributed by atoms with E-state index in [1.54, 1.807) is 25.1 Å². The van der Waals surface area contributed by atoms with Crippen LogP contribution >= 0.6 is 0 Å². The number of fused-ring (bicyclic) bond motifs is 1. The Bertz CT molecular complexity index is 1170. The lowest BCUT2D eigenvalue weighted by Gasteiger charge is -2.31. The number of aryl methyl sites for hydroxylation is 1. The van der Waals surface area contributed by atoms with Gasteiger partial charge in [0.05, 0.1) is 24.5 Å². The molecule has 7 heteroatoms. The van der Waals surface area contributed by atoms with Gasteiger partial charge in [-0.2, -0.15) is 0 Å². The average molecular weight is 481 g/mol. The Morgan fingerprint density at radius 1 is 1.11 bits per heavy atom. The van der Waals surface area contributed by atoms with Crippen LogP contribution < -0.4 is 10.6 Å². The fraction of sp³-hybridized carbons (Fsp3) is 0.429. The van der Waals surface area contributed by atoms with E-state index < -0.39 is 0 Å². The van der Waals surface area contributed by atoms with E-state index in [0.29, 0.717) is 29.1 Å². The second-order valence-corrected chi connectivity index (χ2v) is 9.11. The topological polar surface area (TPSA) is 80.6 Å². The molecular formula is C28H33FN2O4. The van der Waals surface area contributed by atoms with Crippen molar-refractivity contribution < 1.29 is 23.1 Å². The molecule has 0 bridgehead atoms. The van der Waals surface area contributed by atoms with Crippen molar-refractivity contribution in [2.75, 3.05) is 18.5 Å². The molecule has 2 aromatic carbocycles. The normalized spacial score (nSPS) is 15.1. The summed E-state index contributed by atoms with van der Waals surface area (Å²) in [7, 11) is 0. The third-order valence-electron chi connectivity index (χ3n) is 6.73. The van der Waals surface area contributed by atoms with Crippen LogP contribution in [-0.2, 0) is 9.53 Å². The number of ether oxygens (including phenoxy) is 1. The minimum Gasteiger partial charge on any atom is -0.466 e. The van der Waals surface area contributed by atoms with Gasteiger partial charge < -0.3 is 19.8 Å². The Hall–Kier alpha value is -3.35. The van der Waals surface area contributed by atoms with Gasteiger partial charge in [-0.05, 0) is 69.0 Å². The zero-order chi connectivity index (χ0) is 24.8. The summed E-state index contributed by atoms with van der Waals surface area (Å²) in [5.41, 5.74) is 2.77. The van der Waals surface area contributed by atoms with E-state index in [2.05, 4.69) is 10.6 Å². The van der Waals surface area contributed by atoms with Crippen molar-refractivity contribution in [1.82, 2.24) is 5.32 Å². The molecule has 3 aromatic rings. The predicted molar refractivity (Wildman–Crippen MR) is 134 cm³/mol. The SMILES string of the molecule is CCOC(=O)CCNC(=O)c1ccc(NC(c2oc3cccc(F)c3c2C)C2CCCCC2)cc1. The van der Waals surface area contributed by atoms with Gasteiger partial charge in [-0.1, -0.05) is 25.3 Å². The highest BCUT2D eigenvalue weighted by Crippen LogP contribution is 2.41. The molecule has 6 nitrogen and oxygen atoms in total. The number of furan rings is 1. The van der Waals surface area contributed by atoms with Gasteiger partial charge in [-0.3, -0.25) is 9.59 Å². The Morgan fingerprint density at radius 2 is 1.86 bits per heavy atom. The molecule has 1 aliphatic carbocycles. The summed E-state index contributed by atoms with van der Waals surface area (Å²) in [5.74, 6) is 0.306. The monoisotopic (exact) mass is 480 g/mol. The smallest absolute Gasteiger partial charge is 0.307 e. The summed E-state index contributed by atoms with van der Waals surface area (Å²) < 4.78 is 25.6. The standard InChI is InChI=1S/C28H33FN2O4/c1-3-34-24(32)16-17-30-28(33)20-12-14-21(15-13-20)31-26(19-8-5-4-6-9-19)27-18(2)25-22(29)10-7-11-23(25)35-27/h7,10-15,19,26,31H,3-6,8-9,16-17H2,1-2H3,(H,30,33). The highest BCUT2D eigenvalue weighted by atomic mass is 19.1. The first-order chi connectivity index (χ1) is 17.0. The van der Waals surface area contributed by atoms with Gasteiger partial charge >= 0.3 is 5.97 Å². The zero-order valence-electron chi connectivity index (χ0n) is 20.4. The van der Waals surface area contributed by atoms with Crippen molar-refractivity contribution in [3.63, 3.8) is 0 Å². The maximum Gasteiger partial charge on any atom is 0.307 e. The predicted octanol–water partition coefficient (Wildman–Crippen LogP) is 6.30. The van der Waals surface area contributed by atoms with Gasteiger partial charge in [0.2, 0.25) is 0 Å². The third-order valence-corrected chi connectivity index (χ3v) is 6.73. The Labute approximate surface area is 205 Å². The molecule has 4 rings (SSSR count). The molecule has 1 unspecified atom stereocenters. The summed E-state index contributed by atoms with van der Waals surface area (Å²) in [6.07, 6.45) is 5.87. The van der Waals surface area contributed by atoms with Crippen molar-refractivity contribution in [3.8, 4) is 0 Å². The molecule has 2 N–H and O–H groups in total. The van der Waals surface area contributed by atoms with E-state index in [4.69, 9.17) is 9.15 Å². The quantitative estimate of drug-likeness (QED) is 0.352. The van der Waals surface area contributed by atoms with Crippen LogP contribution in [0.15, 0.2) is 46.9 Å². The first kappa shape index (κ1) is 24.8. The molecule has 1 saturated carbocycles. The van der Waals surface area contributed by atoms with Crippen LogP contribution in [0.1, 0.15) is 73.2 Å². The number of rotatable bonds is 9. The van der Waals surface area contributed by atoms with E-state index in [-0.39, 0.29) is 36.7 Å². The molecule has 1 heterocycles. The minimum atomic E-state index is -0.332. The second kappa shape index (κ2) is 11.4. The molecule has 0 aliphatic heterocycles. The summed E-state index contributed by atoms with van der Waals surface area (Å²) in [4.78, 5) is 23.9. The number of nitrogens with one attached hydrogen (secondary N) is 2. The van der Waals surface area contributed by atoms with Gasteiger partial charge in [0.15, 0.2) is 0 Å². The molecule has 1 aliphatic rings. The zero-order valence-corrected chi connectivity index (χ0v) is 20.4. The number of benzene rings is 2. The first-order valence-corrected chi connectivity index (χ1v) is 12.5. The number of carbonyl (C=O) groups excluding carboxylic acids is 2. The van der Waals surface area contributed by atoms with Crippen LogP contribution in [0.2, 0.25) is 0 Å². The molecule has 35 heavy (non-hydrogen) atoms. The lowest BCUT2D eigenvalue weighted by atomic mass is 9.82. The van der Waals surface area contributed by atoms with Crippen LogP contribution in [-0.4, -0.2) is 25.0 Å². The molecule has 0 spiro atoms. The molecule has 186 valence electrons. The lowest BCUT2D eigenvalue weighted by Crippen LogP contribution is -2.26. The number of hydrogen-bond donors (Lipinski definition) is 2. The van der Waals surface area contributed by atoms with E-state index in [1.807, 2.05) is 25.1 Å². The van der Waals surface area contributed by atoms with Crippen molar-refractivity contribution in [2.45, 2.75) is 58.4 Å². The number of anilines is 1. The summed E-state index contributed by atoms with van der Waals surface area (Å²) in [5, 5.41) is 6.90. The number of esters is 1. The van der Waals surface area contributed by atoms with Crippen LogP contribution in [0.3, 0.4) is 0 Å². The molecule has 1 fully saturated rings. The van der Waals surface area contributed by atoms with Crippen LogP contribution in [0, 0.1) is 18.7 Å². The van der Waals surface area contributed by atoms with E-state index in [1.165, 1.54) is 25.3 Å². The fourth-order valence-corrected chi connectivity index (χ4v) is 4.94.